The van der Waals surface area contributed by atoms with Crippen molar-refractivity contribution in [3.63, 3.8) is 0 Å². The molecule has 0 aliphatic carbocycles. The van der Waals surface area contributed by atoms with Crippen LogP contribution in [0.15, 0.2) is 66.0 Å². The zero-order valence-corrected chi connectivity index (χ0v) is 17.7. The van der Waals surface area contributed by atoms with Crippen LogP contribution in [0.2, 0.25) is 5.02 Å². The molecule has 10 heteroatoms. The predicted molar refractivity (Wildman–Crippen MR) is 113 cm³/mol. The standard InChI is InChI=1S/C22H14ClF3N2O3S/c23-13-6-8-14(9-7-13)28-18(16-5-2-10-32-16)17-19(31-28)21(30)27(20(17)29)15-4-1-3-12(11-15)22(24,25)26/h1-11,17-19H. The van der Waals surface area contributed by atoms with E-state index in [2.05, 4.69) is 0 Å². The van der Waals surface area contributed by atoms with Crippen LogP contribution in [0.4, 0.5) is 24.5 Å². The zero-order valence-electron chi connectivity index (χ0n) is 16.1. The second-order valence-corrected chi connectivity index (χ2v) is 8.79. The van der Waals surface area contributed by atoms with Crippen molar-refractivity contribution in [2.24, 2.45) is 5.92 Å². The lowest BCUT2D eigenvalue weighted by molar-refractivity contribution is -0.137. The number of imide groups is 1. The van der Waals surface area contributed by atoms with Crippen molar-refractivity contribution in [3.05, 3.63) is 81.5 Å². The Hall–Kier alpha value is -2.88. The van der Waals surface area contributed by atoms with Gasteiger partial charge in [0.05, 0.1) is 16.9 Å². The maximum atomic E-state index is 13.4. The number of amides is 2. The van der Waals surface area contributed by atoms with Gasteiger partial charge in [0.2, 0.25) is 5.91 Å². The number of rotatable bonds is 3. The molecule has 0 spiro atoms. The summed E-state index contributed by atoms with van der Waals surface area (Å²) in [5, 5.41) is 3.87. The summed E-state index contributed by atoms with van der Waals surface area (Å²) in [6.45, 7) is 0. The summed E-state index contributed by atoms with van der Waals surface area (Å²) >= 11 is 7.37. The van der Waals surface area contributed by atoms with E-state index < -0.39 is 41.6 Å². The summed E-state index contributed by atoms with van der Waals surface area (Å²) in [5.41, 5.74) is -0.463. The summed E-state index contributed by atoms with van der Waals surface area (Å²) in [7, 11) is 0. The summed E-state index contributed by atoms with van der Waals surface area (Å²) in [6.07, 6.45) is -5.75. The number of benzene rings is 2. The van der Waals surface area contributed by atoms with Crippen LogP contribution < -0.4 is 9.96 Å². The number of hydrogen-bond donors (Lipinski definition) is 0. The molecule has 164 valence electrons. The van der Waals surface area contributed by atoms with Gasteiger partial charge in [0.15, 0.2) is 6.10 Å². The molecule has 2 aliphatic rings. The molecular formula is C22H14ClF3N2O3S. The Morgan fingerprint density at radius 2 is 1.69 bits per heavy atom. The fourth-order valence-corrected chi connectivity index (χ4v) is 5.03. The van der Waals surface area contributed by atoms with Crippen LogP contribution in [-0.2, 0) is 20.6 Å². The van der Waals surface area contributed by atoms with Crippen molar-refractivity contribution in [3.8, 4) is 0 Å². The van der Waals surface area contributed by atoms with Crippen LogP contribution >= 0.6 is 22.9 Å². The number of alkyl halides is 3. The third-order valence-corrected chi connectivity index (χ3v) is 6.66. The lowest BCUT2D eigenvalue weighted by Gasteiger charge is -2.28. The van der Waals surface area contributed by atoms with Crippen molar-refractivity contribution in [1.82, 2.24) is 0 Å². The maximum Gasteiger partial charge on any atom is 0.416 e. The Labute approximate surface area is 189 Å². The quantitative estimate of drug-likeness (QED) is 0.468. The number of hydroxylamine groups is 1. The van der Waals surface area contributed by atoms with Gasteiger partial charge < -0.3 is 0 Å². The molecule has 5 rings (SSSR count). The molecule has 3 heterocycles. The average Bonchev–Trinajstić information content (AvgIpc) is 3.46. The molecule has 3 unspecified atom stereocenters. The molecule has 5 nitrogen and oxygen atoms in total. The van der Waals surface area contributed by atoms with E-state index in [0.717, 1.165) is 21.9 Å². The monoisotopic (exact) mass is 478 g/mol. The molecule has 0 bridgehead atoms. The Bertz CT molecular complexity index is 1180. The molecule has 3 aromatic rings. The lowest BCUT2D eigenvalue weighted by Crippen LogP contribution is -2.37. The van der Waals surface area contributed by atoms with Crippen molar-refractivity contribution in [2.45, 2.75) is 18.3 Å². The van der Waals surface area contributed by atoms with E-state index in [9.17, 15) is 22.8 Å². The van der Waals surface area contributed by atoms with E-state index in [4.69, 9.17) is 16.4 Å². The molecule has 2 fully saturated rings. The first-order chi connectivity index (χ1) is 15.3. The largest absolute Gasteiger partial charge is 0.416 e. The number of nitrogens with zero attached hydrogens (tertiary/aromatic N) is 2. The van der Waals surface area contributed by atoms with Gasteiger partial charge in [0.25, 0.3) is 5.91 Å². The van der Waals surface area contributed by atoms with Gasteiger partial charge in [0, 0.05) is 9.90 Å². The number of halogens is 4. The number of anilines is 2. The minimum Gasteiger partial charge on any atom is -0.273 e. The molecule has 2 amide bonds. The molecule has 32 heavy (non-hydrogen) atoms. The van der Waals surface area contributed by atoms with E-state index >= 15 is 0 Å². The molecule has 2 aromatic carbocycles. The van der Waals surface area contributed by atoms with E-state index in [-0.39, 0.29) is 5.69 Å². The second-order valence-electron chi connectivity index (χ2n) is 7.37. The Morgan fingerprint density at radius 1 is 0.938 bits per heavy atom. The number of carbonyl (C=O) groups excluding carboxylic acids is 2. The molecule has 3 atom stereocenters. The Kier molecular flexibility index (Phi) is 4.99. The zero-order chi connectivity index (χ0) is 22.6. The van der Waals surface area contributed by atoms with Gasteiger partial charge in [-0.15, -0.1) is 11.3 Å². The molecule has 2 saturated heterocycles. The average molecular weight is 479 g/mol. The van der Waals surface area contributed by atoms with Crippen LogP contribution in [0, 0.1) is 5.92 Å². The van der Waals surface area contributed by atoms with E-state index in [1.807, 2.05) is 17.5 Å². The third-order valence-electron chi connectivity index (χ3n) is 5.46. The third kappa shape index (κ3) is 3.37. The van der Waals surface area contributed by atoms with Crippen LogP contribution in [0.5, 0.6) is 0 Å². The number of carbonyl (C=O) groups is 2. The van der Waals surface area contributed by atoms with E-state index in [0.29, 0.717) is 10.7 Å². The first-order valence-corrected chi connectivity index (χ1v) is 10.8. The normalized spacial score (nSPS) is 23.2. The topological polar surface area (TPSA) is 49.9 Å². The molecule has 0 N–H and O–H groups in total. The maximum absolute atomic E-state index is 13.4. The fourth-order valence-electron chi connectivity index (χ4n) is 4.05. The molecule has 2 aliphatic heterocycles. The van der Waals surface area contributed by atoms with Crippen molar-refractivity contribution in [2.75, 3.05) is 9.96 Å². The highest BCUT2D eigenvalue weighted by molar-refractivity contribution is 7.10. The highest BCUT2D eigenvalue weighted by Crippen LogP contribution is 2.49. The van der Waals surface area contributed by atoms with Gasteiger partial charge in [-0.3, -0.25) is 14.4 Å². The highest BCUT2D eigenvalue weighted by Gasteiger charge is 2.60. The molecule has 0 saturated carbocycles. The highest BCUT2D eigenvalue weighted by atomic mass is 35.5. The van der Waals surface area contributed by atoms with Gasteiger partial charge in [-0.05, 0) is 53.9 Å². The Morgan fingerprint density at radius 3 is 2.34 bits per heavy atom. The van der Waals surface area contributed by atoms with E-state index in [1.165, 1.54) is 28.5 Å². The first kappa shape index (κ1) is 21.0. The smallest absolute Gasteiger partial charge is 0.273 e. The summed E-state index contributed by atoms with van der Waals surface area (Å²) in [5.74, 6) is -2.21. The predicted octanol–water partition coefficient (Wildman–Crippen LogP) is 5.47. The molecule has 0 radical (unpaired) electrons. The number of thiophene rings is 1. The fraction of sp³-hybridized carbons (Fsp3) is 0.182. The minimum atomic E-state index is -4.60. The summed E-state index contributed by atoms with van der Waals surface area (Å²) < 4.78 is 39.5. The van der Waals surface area contributed by atoms with Crippen LogP contribution in [0.3, 0.4) is 0 Å². The van der Waals surface area contributed by atoms with Crippen LogP contribution in [-0.4, -0.2) is 17.9 Å². The van der Waals surface area contributed by atoms with E-state index in [1.54, 1.807) is 24.3 Å². The lowest BCUT2D eigenvalue weighted by atomic mass is 9.95. The van der Waals surface area contributed by atoms with Gasteiger partial charge >= 0.3 is 6.18 Å². The van der Waals surface area contributed by atoms with Crippen LogP contribution in [0.25, 0.3) is 0 Å². The van der Waals surface area contributed by atoms with Gasteiger partial charge in [-0.25, -0.2) is 9.96 Å². The SMILES string of the molecule is O=C1C2ON(c3ccc(Cl)cc3)C(c3cccs3)C2C(=O)N1c1cccc(C(F)(F)F)c1. The summed E-state index contributed by atoms with van der Waals surface area (Å²) in [4.78, 5) is 34.1. The minimum absolute atomic E-state index is 0.129. The first-order valence-electron chi connectivity index (χ1n) is 9.56. The summed E-state index contributed by atoms with van der Waals surface area (Å²) in [6, 6.07) is 14.0. The van der Waals surface area contributed by atoms with Crippen LogP contribution in [0.1, 0.15) is 16.5 Å². The molecule has 1 aromatic heterocycles. The van der Waals surface area contributed by atoms with Crippen molar-refractivity contribution in [1.29, 1.82) is 0 Å². The number of hydrogen-bond acceptors (Lipinski definition) is 5. The Balaban J connectivity index is 1.54. The molecular weight excluding hydrogens is 465 g/mol. The second kappa shape index (κ2) is 7.61. The van der Waals surface area contributed by atoms with Crippen molar-refractivity contribution >= 4 is 46.1 Å². The van der Waals surface area contributed by atoms with Gasteiger partial charge in [-0.2, -0.15) is 13.2 Å². The van der Waals surface area contributed by atoms with Gasteiger partial charge in [0.1, 0.15) is 12.0 Å². The van der Waals surface area contributed by atoms with Gasteiger partial charge in [-0.1, -0.05) is 23.7 Å². The van der Waals surface area contributed by atoms with Crippen molar-refractivity contribution < 1.29 is 27.6 Å². The number of fused-ring (bicyclic) bond motifs is 1.